The maximum Gasteiger partial charge on any atom is 0.251 e. The van der Waals surface area contributed by atoms with Gasteiger partial charge >= 0.3 is 0 Å². The van der Waals surface area contributed by atoms with Gasteiger partial charge in [-0.25, -0.2) is 4.39 Å². The van der Waals surface area contributed by atoms with Crippen LogP contribution < -0.4 is 16.0 Å². The first kappa shape index (κ1) is 21.3. The highest BCUT2D eigenvalue weighted by atomic mass is 35.5. The molecule has 1 aromatic rings. The molecule has 2 amide bonds. The van der Waals surface area contributed by atoms with Crippen LogP contribution in [0.15, 0.2) is 24.3 Å². The van der Waals surface area contributed by atoms with E-state index in [0.717, 1.165) is 6.54 Å². The van der Waals surface area contributed by atoms with Crippen molar-refractivity contribution in [1.29, 1.82) is 0 Å². The lowest BCUT2D eigenvalue weighted by Gasteiger charge is -2.07. The Hall–Kier alpha value is -1.70. The molecule has 0 aromatic heterocycles. The van der Waals surface area contributed by atoms with Crippen molar-refractivity contribution in [2.75, 3.05) is 39.9 Å². The lowest BCUT2D eigenvalue weighted by molar-refractivity contribution is -0.120. The molecule has 130 valence electrons. The van der Waals surface area contributed by atoms with Crippen molar-refractivity contribution >= 4 is 24.2 Å². The number of methoxy groups -OCH3 is 1. The van der Waals surface area contributed by atoms with Crippen LogP contribution >= 0.6 is 12.4 Å². The van der Waals surface area contributed by atoms with Gasteiger partial charge in [0.25, 0.3) is 5.91 Å². The number of ether oxygens (including phenoxy) is 1. The number of halogens is 2. The zero-order valence-electron chi connectivity index (χ0n) is 13.1. The maximum absolute atomic E-state index is 12.7. The Bertz CT molecular complexity index is 472. The minimum atomic E-state index is -0.393. The molecule has 0 aliphatic rings. The van der Waals surface area contributed by atoms with Gasteiger partial charge in [0.1, 0.15) is 5.82 Å². The monoisotopic (exact) mass is 347 g/mol. The Kier molecular flexibility index (Phi) is 11.9. The van der Waals surface area contributed by atoms with Crippen molar-refractivity contribution in [3.8, 4) is 0 Å². The molecule has 6 nitrogen and oxygen atoms in total. The van der Waals surface area contributed by atoms with Gasteiger partial charge in [-0.15, -0.1) is 12.4 Å². The summed E-state index contributed by atoms with van der Waals surface area (Å²) in [6, 6.07) is 5.24. The van der Waals surface area contributed by atoms with Gasteiger partial charge in [0.2, 0.25) is 5.91 Å². The molecule has 0 bridgehead atoms. The molecular formula is C15H23ClFN3O3. The zero-order chi connectivity index (χ0) is 16.2. The third-order valence-electron chi connectivity index (χ3n) is 2.85. The van der Waals surface area contributed by atoms with Crippen LogP contribution in [0.5, 0.6) is 0 Å². The summed E-state index contributed by atoms with van der Waals surface area (Å²) >= 11 is 0. The molecule has 0 saturated carbocycles. The fourth-order valence-corrected chi connectivity index (χ4v) is 1.67. The summed E-state index contributed by atoms with van der Waals surface area (Å²) in [4.78, 5) is 23.2. The van der Waals surface area contributed by atoms with E-state index in [4.69, 9.17) is 4.74 Å². The Morgan fingerprint density at radius 3 is 2.39 bits per heavy atom. The highest BCUT2D eigenvalue weighted by Crippen LogP contribution is 2.02. The molecule has 0 radical (unpaired) electrons. The molecule has 0 atom stereocenters. The van der Waals surface area contributed by atoms with E-state index in [9.17, 15) is 14.0 Å². The van der Waals surface area contributed by atoms with Gasteiger partial charge in [-0.3, -0.25) is 9.59 Å². The van der Waals surface area contributed by atoms with E-state index >= 15 is 0 Å². The fourth-order valence-electron chi connectivity index (χ4n) is 1.67. The molecule has 3 N–H and O–H groups in total. The largest absolute Gasteiger partial charge is 0.383 e. The second kappa shape index (κ2) is 12.8. The lowest BCUT2D eigenvalue weighted by Crippen LogP contribution is -2.35. The number of hydrogen-bond acceptors (Lipinski definition) is 4. The molecule has 1 aromatic carbocycles. The van der Waals surface area contributed by atoms with Gasteiger partial charge < -0.3 is 20.7 Å². The summed E-state index contributed by atoms with van der Waals surface area (Å²) in [7, 11) is 1.63. The summed E-state index contributed by atoms with van der Waals surface area (Å²) < 4.78 is 17.6. The maximum atomic E-state index is 12.7. The highest BCUT2D eigenvalue weighted by molar-refractivity contribution is 5.94. The van der Waals surface area contributed by atoms with Crippen molar-refractivity contribution in [1.82, 2.24) is 16.0 Å². The van der Waals surface area contributed by atoms with Gasteiger partial charge in [-0.2, -0.15) is 0 Å². The molecule has 0 heterocycles. The summed E-state index contributed by atoms with van der Waals surface area (Å²) in [6.07, 6.45) is 0.199. The third-order valence-corrected chi connectivity index (χ3v) is 2.85. The molecule has 0 unspecified atom stereocenters. The van der Waals surface area contributed by atoms with Crippen molar-refractivity contribution in [2.24, 2.45) is 0 Å². The van der Waals surface area contributed by atoms with Crippen molar-refractivity contribution in [2.45, 2.75) is 6.42 Å². The van der Waals surface area contributed by atoms with Crippen LogP contribution in [-0.2, 0) is 9.53 Å². The van der Waals surface area contributed by atoms with E-state index in [1.807, 2.05) is 0 Å². The molecule has 0 spiro atoms. The number of hydrogen-bond donors (Lipinski definition) is 3. The second-order valence-corrected chi connectivity index (χ2v) is 4.61. The summed E-state index contributed by atoms with van der Waals surface area (Å²) in [5.41, 5.74) is 0.365. The van der Waals surface area contributed by atoms with Crippen LogP contribution in [0.4, 0.5) is 4.39 Å². The van der Waals surface area contributed by atoms with Gasteiger partial charge in [-0.1, -0.05) is 0 Å². The van der Waals surface area contributed by atoms with Crippen LogP contribution in [0, 0.1) is 5.82 Å². The molecule has 1 rings (SSSR count). The molecule has 0 aliphatic carbocycles. The van der Waals surface area contributed by atoms with Gasteiger partial charge in [-0.05, 0) is 24.3 Å². The minimum Gasteiger partial charge on any atom is -0.383 e. The second-order valence-electron chi connectivity index (χ2n) is 4.61. The van der Waals surface area contributed by atoms with Crippen molar-refractivity contribution in [3.63, 3.8) is 0 Å². The number of carbonyl (C=O) groups excluding carboxylic acids is 2. The zero-order valence-corrected chi connectivity index (χ0v) is 13.9. The van der Waals surface area contributed by atoms with Crippen molar-refractivity contribution in [3.05, 3.63) is 35.6 Å². The predicted molar refractivity (Wildman–Crippen MR) is 88.4 cm³/mol. The molecule has 8 heteroatoms. The minimum absolute atomic E-state index is 0. The van der Waals surface area contributed by atoms with Crippen LogP contribution in [-0.4, -0.2) is 51.7 Å². The first-order chi connectivity index (χ1) is 10.6. The standard InChI is InChI=1S/C15H22FN3O3.ClH/c1-22-11-10-17-8-9-18-14(20)6-7-19-15(21)12-2-4-13(16)5-3-12;/h2-5,17H,6-11H2,1H3,(H,18,20)(H,19,21);1H. The average molecular weight is 348 g/mol. The molecular weight excluding hydrogens is 325 g/mol. The van der Waals surface area contributed by atoms with E-state index in [2.05, 4.69) is 16.0 Å². The third kappa shape index (κ3) is 9.83. The average Bonchev–Trinajstić information content (AvgIpc) is 2.51. The smallest absolute Gasteiger partial charge is 0.251 e. The molecule has 23 heavy (non-hydrogen) atoms. The predicted octanol–water partition coefficient (Wildman–Crippen LogP) is 0.720. The molecule has 0 fully saturated rings. The Balaban J connectivity index is 0.00000484. The van der Waals surface area contributed by atoms with E-state index < -0.39 is 5.82 Å². The quantitative estimate of drug-likeness (QED) is 0.545. The van der Waals surface area contributed by atoms with Crippen LogP contribution in [0.25, 0.3) is 0 Å². The Labute approximate surface area is 141 Å². The molecule has 0 aliphatic heterocycles. The SMILES string of the molecule is COCCNCCNC(=O)CCNC(=O)c1ccc(F)cc1.Cl. The number of benzene rings is 1. The van der Waals surface area contributed by atoms with Gasteiger partial charge in [0, 0.05) is 45.3 Å². The fraction of sp³-hybridized carbons (Fsp3) is 0.467. The number of amides is 2. The summed E-state index contributed by atoms with van der Waals surface area (Å²) in [6.45, 7) is 2.79. The van der Waals surface area contributed by atoms with Gasteiger partial charge in [0.15, 0.2) is 0 Å². The Morgan fingerprint density at radius 1 is 1.04 bits per heavy atom. The van der Waals surface area contributed by atoms with Crippen LogP contribution in [0.1, 0.15) is 16.8 Å². The molecule has 0 saturated heterocycles. The first-order valence-electron chi connectivity index (χ1n) is 7.13. The summed E-state index contributed by atoms with van der Waals surface area (Å²) in [5.74, 6) is -0.850. The van der Waals surface area contributed by atoms with E-state index in [1.54, 1.807) is 7.11 Å². The normalized spacial score (nSPS) is 9.83. The number of rotatable bonds is 10. The topological polar surface area (TPSA) is 79.5 Å². The van der Waals surface area contributed by atoms with Crippen LogP contribution in [0.3, 0.4) is 0 Å². The van der Waals surface area contributed by atoms with E-state index in [1.165, 1.54) is 24.3 Å². The van der Waals surface area contributed by atoms with E-state index in [0.29, 0.717) is 25.3 Å². The summed E-state index contributed by atoms with van der Waals surface area (Å²) in [5, 5.41) is 8.45. The number of carbonyl (C=O) groups is 2. The number of nitrogens with one attached hydrogen (secondary N) is 3. The van der Waals surface area contributed by atoms with Crippen LogP contribution in [0.2, 0.25) is 0 Å². The van der Waals surface area contributed by atoms with Gasteiger partial charge in [0.05, 0.1) is 6.61 Å². The van der Waals surface area contributed by atoms with Crippen molar-refractivity contribution < 1.29 is 18.7 Å². The lowest BCUT2D eigenvalue weighted by atomic mass is 10.2. The van der Waals surface area contributed by atoms with E-state index in [-0.39, 0.29) is 37.2 Å². The first-order valence-corrected chi connectivity index (χ1v) is 7.13. The highest BCUT2D eigenvalue weighted by Gasteiger charge is 2.06. The Morgan fingerprint density at radius 2 is 1.74 bits per heavy atom.